The van der Waals surface area contributed by atoms with Crippen molar-refractivity contribution in [1.29, 1.82) is 0 Å². The molecular formula is C16H19Cl2NO3. The average molecular weight is 344 g/mol. The van der Waals surface area contributed by atoms with Crippen LogP contribution in [0.4, 0.5) is 5.69 Å². The second kappa shape index (κ2) is 6.47. The second-order valence-electron chi connectivity index (χ2n) is 6.33. The van der Waals surface area contributed by atoms with Gasteiger partial charge in [-0.15, -0.1) is 0 Å². The van der Waals surface area contributed by atoms with Crippen molar-refractivity contribution in [2.45, 2.75) is 39.2 Å². The Morgan fingerprint density at radius 1 is 1.45 bits per heavy atom. The summed E-state index contributed by atoms with van der Waals surface area (Å²) in [6.07, 6.45) is 1.08. The Kier molecular flexibility index (Phi) is 5.03. The van der Waals surface area contributed by atoms with Gasteiger partial charge in [0.1, 0.15) is 5.60 Å². The molecule has 22 heavy (non-hydrogen) atoms. The first-order valence-electron chi connectivity index (χ1n) is 7.17. The van der Waals surface area contributed by atoms with Crippen molar-refractivity contribution in [3.63, 3.8) is 0 Å². The number of nitrogens with one attached hydrogen (secondary N) is 1. The van der Waals surface area contributed by atoms with E-state index in [4.69, 9.17) is 27.9 Å². The highest BCUT2D eigenvalue weighted by Crippen LogP contribution is 2.34. The monoisotopic (exact) mass is 343 g/mol. The summed E-state index contributed by atoms with van der Waals surface area (Å²) < 4.78 is 5.29. The summed E-state index contributed by atoms with van der Waals surface area (Å²) in [5.74, 6) is -1.00. The first kappa shape index (κ1) is 17.1. The SMILES string of the molecule is C[C@H](C[C@H]1CC(C)(C)OC1=O)C(=O)Nc1cc(Cl)ccc1Cl. The molecule has 1 fully saturated rings. The predicted octanol–water partition coefficient (Wildman–Crippen LogP) is 4.30. The second-order valence-corrected chi connectivity index (χ2v) is 7.18. The molecule has 1 heterocycles. The number of hydrogen-bond acceptors (Lipinski definition) is 3. The molecule has 1 aromatic carbocycles. The Morgan fingerprint density at radius 2 is 2.14 bits per heavy atom. The van der Waals surface area contributed by atoms with E-state index in [1.54, 1.807) is 25.1 Å². The van der Waals surface area contributed by atoms with Gasteiger partial charge in [-0.2, -0.15) is 0 Å². The van der Waals surface area contributed by atoms with E-state index in [2.05, 4.69) is 5.32 Å². The number of carbonyl (C=O) groups excluding carboxylic acids is 2. The molecule has 0 aromatic heterocycles. The van der Waals surface area contributed by atoms with Crippen molar-refractivity contribution in [3.05, 3.63) is 28.2 Å². The lowest BCUT2D eigenvalue weighted by Crippen LogP contribution is -2.24. The van der Waals surface area contributed by atoms with Crippen LogP contribution in [-0.2, 0) is 14.3 Å². The Morgan fingerprint density at radius 3 is 2.73 bits per heavy atom. The number of esters is 1. The summed E-state index contributed by atoms with van der Waals surface area (Å²) in [6, 6.07) is 4.88. The zero-order valence-electron chi connectivity index (χ0n) is 12.8. The standard InChI is InChI=1S/C16H19Cl2NO3/c1-9(6-10-8-16(2,3)22-15(10)21)14(20)19-13-7-11(17)4-5-12(13)18/h4-5,7,9-10H,6,8H2,1-3H3,(H,19,20)/t9-,10+/m1/s1. The first-order valence-corrected chi connectivity index (χ1v) is 7.92. The Balaban J connectivity index is 1.98. The summed E-state index contributed by atoms with van der Waals surface area (Å²) in [4.78, 5) is 24.1. The Bertz CT molecular complexity index is 601. The van der Waals surface area contributed by atoms with Crippen LogP contribution in [0.25, 0.3) is 0 Å². The van der Waals surface area contributed by atoms with Crippen molar-refractivity contribution in [2.75, 3.05) is 5.32 Å². The van der Waals surface area contributed by atoms with E-state index in [0.29, 0.717) is 28.6 Å². The fraction of sp³-hybridized carbons (Fsp3) is 0.500. The maximum Gasteiger partial charge on any atom is 0.309 e. The van der Waals surface area contributed by atoms with Crippen LogP contribution in [0.5, 0.6) is 0 Å². The van der Waals surface area contributed by atoms with Crippen LogP contribution in [0.1, 0.15) is 33.6 Å². The van der Waals surface area contributed by atoms with E-state index in [1.165, 1.54) is 0 Å². The molecule has 2 atom stereocenters. The van der Waals surface area contributed by atoms with Gasteiger partial charge < -0.3 is 10.1 Å². The van der Waals surface area contributed by atoms with Crippen LogP contribution in [0.15, 0.2) is 18.2 Å². The lowest BCUT2D eigenvalue weighted by molar-refractivity contribution is -0.148. The van der Waals surface area contributed by atoms with Crippen molar-refractivity contribution < 1.29 is 14.3 Å². The van der Waals surface area contributed by atoms with Gasteiger partial charge in [-0.25, -0.2) is 0 Å². The van der Waals surface area contributed by atoms with Crippen LogP contribution < -0.4 is 5.32 Å². The molecule has 0 radical (unpaired) electrons. The van der Waals surface area contributed by atoms with Crippen LogP contribution in [0, 0.1) is 11.8 Å². The van der Waals surface area contributed by atoms with Gasteiger partial charge in [-0.1, -0.05) is 30.1 Å². The van der Waals surface area contributed by atoms with Gasteiger partial charge in [0.15, 0.2) is 0 Å². The summed E-state index contributed by atoms with van der Waals surface area (Å²) in [6.45, 7) is 5.54. The van der Waals surface area contributed by atoms with Crippen LogP contribution >= 0.6 is 23.2 Å². The number of rotatable bonds is 4. The number of amides is 1. The number of anilines is 1. The number of cyclic esters (lactones) is 1. The van der Waals surface area contributed by atoms with E-state index < -0.39 is 5.60 Å². The van der Waals surface area contributed by atoms with Crippen molar-refractivity contribution in [3.8, 4) is 0 Å². The maximum atomic E-state index is 12.3. The van der Waals surface area contributed by atoms with E-state index in [1.807, 2.05) is 13.8 Å². The summed E-state index contributed by atoms with van der Waals surface area (Å²) in [7, 11) is 0. The normalized spacial score (nSPS) is 21.3. The van der Waals surface area contributed by atoms with Crippen molar-refractivity contribution >= 4 is 40.8 Å². The smallest absolute Gasteiger partial charge is 0.309 e. The molecule has 0 saturated carbocycles. The lowest BCUT2D eigenvalue weighted by Gasteiger charge is -2.16. The minimum atomic E-state index is -0.450. The maximum absolute atomic E-state index is 12.3. The molecule has 1 aliphatic rings. The number of ether oxygens (including phenoxy) is 1. The Labute approximate surface area is 140 Å². The third-order valence-corrected chi connectivity index (χ3v) is 4.28. The molecule has 0 unspecified atom stereocenters. The molecule has 1 aromatic rings. The molecule has 0 spiro atoms. The third-order valence-electron chi connectivity index (χ3n) is 3.72. The zero-order chi connectivity index (χ0) is 16.5. The highest BCUT2D eigenvalue weighted by Gasteiger charge is 2.41. The molecule has 0 aliphatic carbocycles. The van der Waals surface area contributed by atoms with Gasteiger partial charge in [-0.3, -0.25) is 9.59 Å². The van der Waals surface area contributed by atoms with E-state index in [0.717, 1.165) is 0 Å². The van der Waals surface area contributed by atoms with Crippen molar-refractivity contribution in [2.24, 2.45) is 11.8 Å². The Hall–Kier alpha value is -1.26. The largest absolute Gasteiger partial charge is 0.459 e. The summed E-state index contributed by atoms with van der Waals surface area (Å²) in [5, 5.41) is 3.67. The topological polar surface area (TPSA) is 55.4 Å². The van der Waals surface area contributed by atoms with Gasteiger partial charge in [0.05, 0.1) is 16.6 Å². The number of carbonyl (C=O) groups is 2. The molecule has 120 valence electrons. The van der Waals surface area contributed by atoms with E-state index in [9.17, 15) is 9.59 Å². The first-order chi connectivity index (χ1) is 10.2. The molecular weight excluding hydrogens is 325 g/mol. The van der Waals surface area contributed by atoms with Gasteiger partial charge >= 0.3 is 5.97 Å². The highest BCUT2D eigenvalue weighted by molar-refractivity contribution is 6.35. The summed E-state index contributed by atoms with van der Waals surface area (Å²) in [5.41, 5.74) is 0.0224. The number of hydrogen-bond donors (Lipinski definition) is 1. The molecule has 1 N–H and O–H groups in total. The van der Waals surface area contributed by atoms with Crippen LogP contribution in [-0.4, -0.2) is 17.5 Å². The minimum Gasteiger partial charge on any atom is -0.459 e. The molecule has 1 aliphatic heterocycles. The van der Waals surface area contributed by atoms with Gasteiger partial charge in [0.25, 0.3) is 0 Å². The lowest BCUT2D eigenvalue weighted by atomic mass is 9.89. The molecule has 1 amide bonds. The molecule has 2 rings (SSSR count). The number of benzene rings is 1. The van der Waals surface area contributed by atoms with Crippen molar-refractivity contribution in [1.82, 2.24) is 0 Å². The van der Waals surface area contributed by atoms with Gasteiger partial charge in [-0.05, 0) is 44.9 Å². The highest BCUT2D eigenvalue weighted by atomic mass is 35.5. The van der Waals surface area contributed by atoms with Crippen LogP contribution in [0.2, 0.25) is 10.0 Å². The average Bonchev–Trinajstić information content (AvgIpc) is 2.66. The minimum absolute atomic E-state index is 0.193. The quantitative estimate of drug-likeness (QED) is 0.829. The molecule has 4 nitrogen and oxygen atoms in total. The van der Waals surface area contributed by atoms with Crippen LogP contribution in [0.3, 0.4) is 0 Å². The molecule has 1 saturated heterocycles. The van der Waals surface area contributed by atoms with E-state index in [-0.39, 0.29) is 23.7 Å². The third kappa shape index (κ3) is 4.14. The molecule has 0 bridgehead atoms. The molecule has 6 heteroatoms. The fourth-order valence-corrected chi connectivity index (χ4v) is 2.97. The van der Waals surface area contributed by atoms with Gasteiger partial charge in [0, 0.05) is 10.9 Å². The predicted molar refractivity (Wildman–Crippen MR) is 87.2 cm³/mol. The fourth-order valence-electron chi connectivity index (χ4n) is 2.64. The van der Waals surface area contributed by atoms with Gasteiger partial charge in [0.2, 0.25) is 5.91 Å². The number of halogens is 2. The zero-order valence-corrected chi connectivity index (χ0v) is 14.3. The summed E-state index contributed by atoms with van der Waals surface area (Å²) >= 11 is 11.9. The van der Waals surface area contributed by atoms with E-state index >= 15 is 0 Å².